The van der Waals surface area contributed by atoms with Crippen molar-refractivity contribution in [3.05, 3.63) is 29.6 Å². The molecule has 4 nitrogen and oxygen atoms in total. The van der Waals surface area contributed by atoms with Crippen molar-refractivity contribution >= 4 is 10.0 Å². The van der Waals surface area contributed by atoms with E-state index in [1.54, 1.807) is 13.1 Å². The lowest BCUT2D eigenvalue weighted by Crippen LogP contribution is -2.38. The Bertz CT molecular complexity index is 602. The van der Waals surface area contributed by atoms with E-state index in [0.29, 0.717) is 13.1 Å². The molecule has 1 fully saturated rings. The molecule has 1 aliphatic rings. The molecule has 0 spiro atoms. The second kappa shape index (κ2) is 6.42. The van der Waals surface area contributed by atoms with Gasteiger partial charge in [0.1, 0.15) is 10.7 Å². The number of rotatable bonds is 5. The fourth-order valence-corrected chi connectivity index (χ4v) is 4.80. The number of sulfonamides is 1. The van der Waals surface area contributed by atoms with Gasteiger partial charge in [0.05, 0.1) is 0 Å². The van der Waals surface area contributed by atoms with Crippen LogP contribution in [0.25, 0.3) is 0 Å². The molecule has 1 N–H and O–H groups in total. The van der Waals surface area contributed by atoms with Crippen molar-refractivity contribution in [3.63, 3.8) is 0 Å². The van der Waals surface area contributed by atoms with Gasteiger partial charge >= 0.3 is 0 Å². The molecule has 0 bridgehead atoms. The Hall–Kier alpha value is -0.980. The lowest BCUT2D eigenvalue weighted by Gasteiger charge is -2.27. The molecule has 1 saturated heterocycles. The molecule has 1 aromatic carbocycles. The first-order valence-electron chi connectivity index (χ1n) is 7.32. The highest BCUT2D eigenvalue weighted by Gasteiger charge is 2.37. The summed E-state index contributed by atoms with van der Waals surface area (Å²) in [5.41, 5.74) is 0.732. The summed E-state index contributed by atoms with van der Waals surface area (Å²) in [7, 11) is -1.99. The smallest absolute Gasteiger partial charge is 0.246 e. The molecule has 0 aromatic heterocycles. The van der Waals surface area contributed by atoms with E-state index in [1.165, 1.54) is 16.4 Å². The molecule has 1 unspecified atom stereocenters. The van der Waals surface area contributed by atoms with Crippen molar-refractivity contribution in [2.45, 2.75) is 44.2 Å². The Kier molecular flexibility index (Phi) is 5.01. The van der Waals surface area contributed by atoms with Crippen molar-refractivity contribution in [1.29, 1.82) is 0 Å². The SMILES string of the molecule is CNCc1ccc(S(=O)(=O)N2CCCC2C(C)C)c(F)c1. The number of hydrogen-bond donors (Lipinski definition) is 1. The van der Waals surface area contributed by atoms with Crippen LogP contribution < -0.4 is 5.32 Å². The van der Waals surface area contributed by atoms with Gasteiger partial charge < -0.3 is 5.32 Å². The van der Waals surface area contributed by atoms with Gasteiger partial charge in [-0.25, -0.2) is 12.8 Å². The van der Waals surface area contributed by atoms with Gasteiger partial charge in [-0.2, -0.15) is 4.31 Å². The maximum absolute atomic E-state index is 14.2. The van der Waals surface area contributed by atoms with E-state index in [1.807, 2.05) is 13.8 Å². The summed E-state index contributed by atoms with van der Waals surface area (Å²) in [6.45, 7) is 4.99. The fourth-order valence-electron chi connectivity index (χ4n) is 2.92. The van der Waals surface area contributed by atoms with Crippen LogP contribution in [0.2, 0.25) is 0 Å². The van der Waals surface area contributed by atoms with Crippen LogP contribution in [0.5, 0.6) is 0 Å². The second-order valence-corrected chi connectivity index (χ2v) is 7.72. The molecule has 0 radical (unpaired) electrons. The normalized spacial score (nSPS) is 20.3. The van der Waals surface area contributed by atoms with E-state index < -0.39 is 15.8 Å². The number of nitrogens with one attached hydrogen (secondary N) is 1. The van der Waals surface area contributed by atoms with E-state index in [0.717, 1.165) is 18.4 Å². The molecule has 21 heavy (non-hydrogen) atoms. The Morgan fingerprint density at radius 3 is 2.71 bits per heavy atom. The van der Waals surface area contributed by atoms with E-state index in [2.05, 4.69) is 5.32 Å². The van der Waals surface area contributed by atoms with E-state index in [-0.39, 0.29) is 16.9 Å². The van der Waals surface area contributed by atoms with Crippen LogP contribution in [0.15, 0.2) is 23.1 Å². The van der Waals surface area contributed by atoms with Gasteiger partial charge in [-0.15, -0.1) is 0 Å². The van der Waals surface area contributed by atoms with Gasteiger partial charge in [0.2, 0.25) is 10.0 Å². The Morgan fingerprint density at radius 2 is 2.14 bits per heavy atom. The Morgan fingerprint density at radius 1 is 1.43 bits per heavy atom. The van der Waals surface area contributed by atoms with Crippen molar-refractivity contribution in [2.75, 3.05) is 13.6 Å². The number of benzene rings is 1. The quantitative estimate of drug-likeness (QED) is 0.907. The monoisotopic (exact) mass is 314 g/mol. The fraction of sp³-hybridized carbons (Fsp3) is 0.600. The summed E-state index contributed by atoms with van der Waals surface area (Å²) in [6, 6.07) is 4.30. The lowest BCUT2D eigenvalue weighted by atomic mass is 10.0. The van der Waals surface area contributed by atoms with Crippen molar-refractivity contribution in [1.82, 2.24) is 9.62 Å². The van der Waals surface area contributed by atoms with Gasteiger partial charge in [-0.05, 0) is 43.5 Å². The minimum Gasteiger partial charge on any atom is -0.316 e. The topological polar surface area (TPSA) is 49.4 Å². The highest BCUT2D eigenvalue weighted by Crippen LogP contribution is 2.31. The van der Waals surface area contributed by atoms with Gasteiger partial charge in [-0.3, -0.25) is 0 Å². The molecular weight excluding hydrogens is 291 g/mol. The molecule has 1 atom stereocenters. The first kappa shape index (κ1) is 16.4. The third kappa shape index (κ3) is 3.27. The average molecular weight is 314 g/mol. The number of halogens is 1. The molecule has 6 heteroatoms. The zero-order chi connectivity index (χ0) is 15.6. The van der Waals surface area contributed by atoms with Crippen LogP contribution in [0.3, 0.4) is 0 Å². The van der Waals surface area contributed by atoms with Crippen molar-refractivity contribution in [2.24, 2.45) is 5.92 Å². The number of nitrogens with zero attached hydrogens (tertiary/aromatic N) is 1. The van der Waals surface area contributed by atoms with E-state index >= 15 is 0 Å². The molecule has 118 valence electrons. The molecular formula is C15H23FN2O2S. The third-order valence-electron chi connectivity index (χ3n) is 3.98. The van der Waals surface area contributed by atoms with E-state index in [9.17, 15) is 12.8 Å². The summed E-state index contributed by atoms with van der Waals surface area (Å²) in [5, 5.41) is 2.92. The maximum Gasteiger partial charge on any atom is 0.246 e. The van der Waals surface area contributed by atoms with Gasteiger partial charge in [-0.1, -0.05) is 19.9 Å². The van der Waals surface area contributed by atoms with Crippen molar-refractivity contribution < 1.29 is 12.8 Å². The highest BCUT2D eigenvalue weighted by atomic mass is 32.2. The van der Waals surface area contributed by atoms with Crippen LogP contribution in [-0.2, 0) is 16.6 Å². The van der Waals surface area contributed by atoms with Crippen LogP contribution in [0.1, 0.15) is 32.3 Å². The van der Waals surface area contributed by atoms with Gasteiger partial charge in [0.15, 0.2) is 0 Å². The standard InChI is InChI=1S/C15H23FN2O2S/c1-11(2)14-5-4-8-18(14)21(19,20)15-7-6-12(10-17-3)9-13(15)16/h6-7,9,11,14,17H,4-5,8,10H2,1-3H3. The van der Waals surface area contributed by atoms with Crippen LogP contribution in [0.4, 0.5) is 4.39 Å². The van der Waals surface area contributed by atoms with Gasteiger partial charge in [0, 0.05) is 19.1 Å². The third-order valence-corrected chi connectivity index (χ3v) is 5.94. The minimum atomic E-state index is -3.76. The molecule has 0 aliphatic carbocycles. The van der Waals surface area contributed by atoms with Crippen molar-refractivity contribution in [3.8, 4) is 0 Å². The highest BCUT2D eigenvalue weighted by molar-refractivity contribution is 7.89. The zero-order valence-electron chi connectivity index (χ0n) is 12.8. The Labute approximate surface area is 126 Å². The molecule has 0 saturated carbocycles. The summed E-state index contributed by atoms with van der Waals surface area (Å²) < 4.78 is 41.1. The second-order valence-electron chi connectivity index (χ2n) is 5.86. The molecule has 2 rings (SSSR count). The first-order valence-corrected chi connectivity index (χ1v) is 8.76. The molecule has 1 heterocycles. The average Bonchev–Trinajstić information content (AvgIpc) is 2.89. The molecule has 1 aromatic rings. The lowest BCUT2D eigenvalue weighted by molar-refractivity contribution is 0.314. The van der Waals surface area contributed by atoms with E-state index in [4.69, 9.17) is 0 Å². The largest absolute Gasteiger partial charge is 0.316 e. The summed E-state index contributed by atoms with van der Waals surface area (Å²) in [5.74, 6) is -0.439. The molecule has 1 aliphatic heterocycles. The summed E-state index contributed by atoms with van der Waals surface area (Å²) in [6.07, 6.45) is 1.68. The zero-order valence-corrected chi connectivity index (χ0v) is 13.6. The van der Waals surface area contributed by atoms with Crippen LogP contribution in [0, 0.1) is 11.7 Å². The summed E-state index contributed by atoms with van der Waals surface area (Å²) >= 11 is 0. The van der Waals surface area contributed by atoms with Gasteiger partial charge in [0.25, 0.3) is 0 Å². The number of hydrogen-bond acceptors (Lipinski definition) is 3. The minimum absolute atomic E-state index is 0.0358. The predicted molar refractivity (Wildman–Crippen MR) is 80.9 cm³/mol. The first-order chi connectivity index (χ1) is 9.87. The Balaban J connectivity index is 2.35. The summed E-state index contributed by atoms with van der Waals surface area (Å²) in [4.78, 5) is -0.213. The van der Waals surface area contributed by atoms with Crippen LogP contribution >= 0.6 is 0 Å². The maximum atomic E-state index is 14.2. The predicted octanol–water partition coefficient (Wildman–Crippen LogP) is 2.35. The molecule has 0 amide bonds. The van der Waals surface area contributed by atoms with Crippen LogP contribution in [-0.4, -0.2) is 32.4 Å².